The Bertz CT molecular complexity index is 2150. The lowest BCUT2D eigenvalue weighted by Gasteiger charge is -2.25. The van der Waals surface area contributed by atoms with Crippen molar-refractivity contribution < 1.29 is 45.4 Å². The van der Waals surface area contributed by atoms with E-state index in [4.69, 9.17) is 9.47 Å². The van der Waals surface area contributed by atoms with Crippen LogP contribution >= 0.6 is 0 Å². The highest BCUT2D eigenvalue weighted by Crippen LogP contribution is 2.33. The molecule has 15 nitrogen and oxygen atoms in total. The summed E-state index contributed by atoms with van der Waals surface area (Å²) in [6.45, 7) is 19.8. The van der Waals surface area contributed by atoms with Crippen LogP contribution in [0.25, 0.3) is 0 Å². The van der Waals surface area contributed by atoms with Gasteiger partial charge in [-0.3, -0.25) is 34.7 Å². The third-order valence-electron chi connectivity index (χ3n) is 9.16. The molecule has 2 N–H and O–H groups in total. The topological polar surface area (TPSA) is 173 Å². The van der Waals surface area contributed by atoms with Crippen LogP contribution in [-0.2, 0) is 31.4 Å². The standard InChI is InChI=1S/C13H16F3N3O2.C11H16N4O2.C8H8F3N.C7H9N.C6H8N2/c1-9-7-17-11(6-10(9)13(14,15)16)18-12(20)8-19-2-4-21-5-3-19;1-9-6-12-11(13-7-9)14-10(16)8-15-2-4-17-5-3-15;1-5-4-12-6(2)3-7(5)8(9,10)11;1-6-3-4-7(2)8-5-6;1-5-3-7-6(2)8-4-5/h6-7H,2-5,8H2,1H3,(H,17,18,20);6-7H,2-5,8H2,1H3,(H,12,13,14,16);3-4H,1-2H3;3-5H,1-2H3;3-4H,1-2H3. The molecule has 7 rings (SSSR count). The van der Waals surface area contributed by atoms with E-state index in [2.05, 4.69) is 51.6 Å². The molecule has 2 aliphatic heterocycles. The Kier molecular flexibility index (Phi) is 22.1. The fourth-order valence-corrected chi connectivity index (χ4v) is 5.56. The molecule has 7 heterocycles. The summed E-state index contributed by atoms with van der Waals surface area (Å²) in [5.74, 6) is 0.618. The summed E-state index contributed by atoms with van der Waals surface area (Å²) in [4.78, 5) is 55.1. The van der Waals surface area contributed by atoms with Gasteiger partial charge in [-0.2, -0.15) is 26.3 Å². The molecule has 0 saturated carbocycles. The van der Waals surface area contributed by atoms with Crippen LogP contribution in [0.2, 0.25) is 0 Å². The number of hydrogen-bond donors (Lipinski definition) is 2. The molecule has 0 aromatic carbocycles. The summed E-state index contributed by atoms with van der Waals surface area (Å²) in [7, 11) is 0. The predicted molar refractivity (Wildman–Crippen MR) is 236 cm³/mol. The Labute approximate surface area is 380 Å². The van der Waals surface area contributed by atoms with E-state index in [0.717, 1.165) is 54.1 Å². The van der Waals surface area contributed by atoms with Crippen molar-refractivity contribution in [1.29, 1.82) is 0 Å². The lowest BCUT2D eigenvalue weighted by Crippen LogP contribution is -2.41. The molecular weight excluding hydrogens is 873 g/mol. The largest absolute Gasteiger partial charge is 0.416 e. The summed E-state index contributed by atoms with van der Waals surface area (Å²) in [6, 6.07) is 5.97. The number of rotatable bonds is 6. The first-order valence-electron chi connectivity index (χ1n) is 20.8. The van der Waals surface area contributed by atoms with Crippen molar-refractivity contribution in [2.24, 2.45) is 0 Å². The van der Waals surface area contributed by atoms with Crippen molar-refractivity contribution in [3.8, 4) is 0 Å². The molecular formula is C45H57F6N11O4. The number of ether oxygens (including phenoxy) is 2. The van der Waals surface area contributed by atoms with E-state index in [9.17, 15) is 35.9 Å². The molecule has 5 aromatic heterocycles. The van der Waals surface area contributed by atoms with E-state index >= 15 is 0 Å². The first-order chi connectivity index (χ1) is 31.1. The van der Waals surface area contributed by atoms with Crippen molar-refractivity contribution >= 4 is 23.6 Å². The van der Waals surface area contributed by atoms with E-state index < -0.39 is 23.5 Å². The SMILES string of the molecule is Cc1cc(C(F)(F)F)c(C)cn1.Cc1ccc(C)nc1.Cc1cnc(C)nc1.Cc1cnc(NC(=O)CN2CCOCC2)cc1C(F)(F)F.Cc1cnc(NC(=O)CN2CCOCC2)nc1. The van der Waals surface area contributed by atoms with Gasteiger partial charge in [-0.25, -0.2) is 24.9 Å². The quantitative estimate of drug-likeness (QED) is 0.163. The minimum absolute atomic E-state index is 0.0219. The third-order valence-corrected chi connectivity index (χ3v) is 9.16. The zero-order valence-corrected chi connectivity index (χ0v) is 38.3. The fourth-order valence-electron chi connectivity index (χ4n) is 5.56. The highest BCUT2D eigenvalue weighted by molar-refractivity contribution is 5.91. The van der Waals surface area contributed by atoms with Gasteiger partial charge >= 0.3 is 12.4 Å². The number of halogens is 6. The Balaban J connectivity index is 0.000000230. The Hall–Kier alpha value is -6.03. The van der Waals surface area contributed by atoms with Crippen molar-refractivity contribution in [2.45, 2.75) is 67.7 Å². The van der Waals surface area contributed by atoms with Crippen LogP contribution < -0.4 is 10.6 Å². The molecule has 5 aromatic rings. The number of anilines is 2. The highest BCUT2D eigenvalue weighted by Gasteiger charge is 2.33. The van der Waals surface area contributed by atoms with Gasteiger partial charge in [0.15, 0.2) is 0 Å². The molecule has 66 heavy (non-hydrogen) atoms. The first kappa shape index (κ1) is 54.3. The van der Waals surface area contributed by atoms with Gasteiger partial charge < -0.3 is 14.8 Å². The third kappa shape index (κ3) is 21.3. The lowest BCUT2D eigenvalue weighted by molar-refractivity contribution is -0.138. The number of carbonyl (C=O) groups is 2. The minimum atomic E-state index is -4.46. The second-order valence-electron chi connectivity index (χ2n) is 15.3. The second-order valence-corrected chi connectivity index (χ2v) is 15.3. The van der Waals surface area contributed by atoms with Crippen LogP contribution in [0.15, 0.2) is 67.6 Å². The van der Waals surface area contributed by atoms with Crippen LogP contribution in [0.1, 0.15) is 56.2 Å². The van der Waals surface area contributed by atoms with Gasteiger partial charge in [-0.15, -0.1) is 0 Å². The Morgan fingerprint density at radius 3 is 1.38 bits per heavy atom. The van der Waals surface area contributed by atoms with Crippen LogP contribution in [-0.4, -0.2) is 122 Å². The van der Waals surface area contributed by atoms with E-state index in [1.54, 1.807) is 12.4 Å². The highest BCUT2D eigenvalue weighted by atomic mass is 19.4. The molecule has 0 spiro atoms. The maximum atomic E-state index is 12.8. The molecule has 0 radical (unpaired) electrons. The van der Waals surface area contributed by atoms with Crippen molar-refractivity contribution in [3.63, 3.8) is 0 Å². The van der Waals surface area contributed by atoms with E-state index in [1.807, 2.05) is 69.1 Å². The molecule has 0 bridgehead atoms. The van der Waals surface area contributed by atoms with Crippen molar-refractivity contribution in [3.05, 3.63) is 124 Å². The van der Waals surface area contributed by atoms with E-state index in [1.165, 1.54) is 32.5 Å². The molecule has 0 atom stereocenters. The Morgan fingerprint density at radius 1 is 0.530 bits per heavy atom. The minimum Gasteiger partial charge on any atom is -0.379 e. The smallest absolute Gasteiger partial charge is 0.379 e. The fraction of sp³-hybridized carbons (Fsp3) is 0.444. The number of aromatic nitrogens is 7. The summed E-state index contributed by atoms with van der Waals surface area (Å²) < 4.78 is 85.3. The number of amides is 2. The second kappa shape index (κ2) is 26.8. The zero-order chi connectivity index (χ0) is 48.9. The Morgan fingerprint density at radius 2 is 0.955 bits per heavy atom. The molecule has 0 aliphatic carbocycles. The van der Waals surface area contributed by atoms with Gasteiger partial charge in [-0.1, -0.05) is 6.07 Å². The molecule has 21 heteroatoms. The molecule has 2 fully saturated rings. The van der Waals surface area contributed by atoms with E-state index in [0.29, 0.717) is 57.7 Å². The number of nitrogens with zero attached hydrogens (tertiary/aromatic N) is 9. The maximum Gasteiger partial charge on any atom is 0.416 e. The predicted octanol–water partition coefficient (Wildman–Crippen LogP) is 7.24. The molecule has 2 amide bonds. The van der Waals surface area contributed by atoms with Crippen molar-refractivity contribution in [2.75, 3.05) is 76.3 Å². The van der Waals surface area contributed by atoms with Gasteiger partial charge in [0.25, 0.3) is 0 Å². The summed E-state index contributed by atoms with van der Waals surface area (Å²) in [5, 5.41) is 5.07. The number of nitrogens with one attached hydrogen (secondary N) is 2. The monoisotopic (exact) mass is 929 g/mol. The van der Waals surface area contributed by atoms with Crippen LogP contribution in [0.5, 0.6) is 0 Å². The van der Waals surface area contributed by atoms with Gasteiger partial charge in [0.2, 0.25) is 17.8 Å². The number of morpholine rings is 2. The average molecular weight is 930 g/mol. The van der Waals surface area contributed by atoms with Crippen molar-refractivity contribution in [1.82, 2.24) is 44.7 Å². The molecule has 2 aliphatic rings. The van der Waals surface area contributed by atoms with Gasteiger partial charge in [0, 0.05) is 80.9 Å². The molecule has 358 valence electrons. The summed E-state index contributed by atoms with van der Waals surface area (Å²) in [5.41, 5.74) is 3.54. The lowest BCUT2D eigenvalue weighted by atomic mass is 10.1. The molecule has 2 saturated heterocycles. The van der Waals surface area contributed by atoms with Crippen LogP contribution in [0.4, 0.5) is 38.1 Å². The average Bonchev–Trinajstić information content (AvgIpc) is 3.26. The number of aryl methyl sites for hydroxylation is 8. The van der Waals surface area contributed by atoms with Crippen LogP contribution in [0, 0.1) is 55.4 Å². The number of pyridine rings is 3. The zero-order valence-electron chi connectivity index (χ0n) is 38.3. The first-order valence-corrected chi connectivity index (χ1v) is 20.8. The number of carbonyl (C=O) groups excluding carboxylic acids is 2. The number of alkyl halides is 6. The van der Waals surface area contributed by atoms with Crippen LogP contribution in [0.3, 0.4) is 0 Å². The summed E-state index contributed by atoms with van der Waals surface area (Å²) in [6.07, 6.45) is 2.45. The maximum absolute atomic E-state index is 12.8. The van der Waals surface area contributed by atoms with Gasteiger partial charge in [-0.05, 0) is 101 Å². The van der Waals surface area contributed by atoms with Gasteiger partial charge in [0.05, 0.1) is 50.6 Å². The molecule has 0 unspecified atom stereocenters. The van der Waals surface area contributed by atoms with Gasteiger partial charge in [0.1, 0.15) is 11.6 Å². The normalized spacial score (nSPS) is 14.0. The van der Waals surface area contributed by atoms with E-state index in [-0.39, 0.29) is 35.3 Å². The summed E-state index contributed by atoms with van der Waals surface area (Å²) >= 11 is 0. The number of hydrogen-bond acceptors (Lipinski definition) is 13.